The van der Waals surface area contributed by atoms with E-state index < -0.39 is 0 Å². The predicted octanol–water partition coefficient (Wildman–Crippen LogP) is 6.54. The fourth-order valence-electron chi connectivity index (χ4n) is 8.31. The van der Waals surface area contributed by atoms with Gasteiger partial charge in [-0.3, -0.25) is 0 Å². The smallest absolute Gasteiger partial charge is 0.330 e. The minimum absolute atomic E-state index is 0.176. The zero-order chi connectivity index (χ0) is 19.1. The second-order valence-corrected chi connectivity index (χ2v) is 10.6. The first-order chi connectivity index (χ1) is 13.0. The summed E-state index contributed by atoms with van der Waals surface area (Å²) in [5, 5.41) is 0. The Labute approximate surface area is 166 Å². The highest BCUT2D eigenvalue weighted by atomic mass is 16.5. The van der Waals surface area contributed by atoms with Crippen LogP contribution in [0.15, 0.2) is 12.2 Å². The number of hydrogen-bond donors (Lipinski definition) is 0. The monoisotopic (exact) mass is 372 g/mol. The van der Waals surface area contributed by atoms with Gasteiger partial charge in [0, 0.05) is 6.08 Å². The highest BCUT2D eigenvalue weighted by Crippen LogP contribution is 2.67. The summed E-state index contributed by atoms with van der Waals surface area (Å²) in [6.45, 7) is 7.60. The number of rotatable bonds is 4. The van der Waals surface area contributed by atoms with Crippen LogP contribution in [0.2, 0.25) is 0 Å². The van der Waals surface area contributed by atoms with Gasteiger partial charge in [-0.2, -0.15) is 0 Å². The Bertz CT molecular complexity index is 581. The number of carbonyl (C=O) groups is 1. The largest absolute Gasteiger partial charge is 0.463 e. The molecule has 4 aliphatic carbocycles. The molecule has 0 saturated heterocycles. The van der Waals surface area contributed by atoms with Crippen molar-refractivity contribution in [3.63, 3.8) is 0 Å². The molecule has 7 atom stereocenters. The van der Waals surface area contributed by atoms with Gasteiger partial charge in [0.2, 0.25) is 0 Å². The molecule has 4 fully saturated rings. The van der Waals surface area contributed by atoms with Crippen molar-refractivity contribution in [1.82, 2.24) is 0 Å². The molecule has 27 heavy (non-hydrogen) atoms. The summed E-state index contributed by atoms with van der Waals surface area (Å²) < 4.78 is 5.04. The van der Waals surface area contributed by atoms with Crippen LogP contribution in [0, 0.1) is 40.4 Å². The van der Waals surface area contributed by atoms with E-state index in [2.05, 4.69) is 19.9 Å². The molecule has 0 N–H and O–H groups in total. The standard InChI is InChI=1S/C25H40O2/c1-4-27-23(26)10-7-9-19-12-14-21-20-13-11-18-8-5-6-16-24(18,2)22(20)15-17-25(19,21)3/h7,10,18-22H,4-6,8-9,11-17H2,1-3H3/b10-7+/t18-,19-,20?,21?,22?,24?,25?/m0/s1. The molecule has 0 aromatic heterocycles. The van der Waals surface area contributed by atoms with Crippen LogP contribution in [0.25, 0.3) is 0 Å². The van der Waals surface area contributed by atoms with Crippen LogP contribution in [-0.2, 0) is 9.53 Å². The van der Waals surface area contributed by atoms with Gasteiger partial charge in [-0.15, -0.1) is 0 Å². The summed E-state index contributed by atoms with van der Waals surface area (Å²) in [6.07, 6.45) is 19.4. The third-order valence-corrected chi connectivity index (χ3v) is 9.74. The maximum Gasteiger partial charge on any atom is 0.330 e. The van der Waals surface area contributed by atoms with Crippen LogP contribution < -0.4 is 0 Å². The van der Waals surface area contributed by atoms with Gasteiger partial charge >= 0.3 is 5.97 Å². The molecule has 0 aliphatic heterocycles. The van der Waals surface area contributed by atoms with Crippen molar-refractivity contribution in [2.24, 2.45) is 40.4 Å². The molecule has 0 aromatic carbocycles. The van der Waals surface area contributed by atoms with Gasteiger partial charge in [-0.1, -0.05) is 32.8 Å². The lowest BCUT2D eigenvalue weighted by atomic mass is 9.45. The maximum absolute atomic E-state index is 11.6. The van der Waals surface area contributed by atoms with Gasteiger partial charge in [0.05, 0.1) is 6.61 Å². The fourth-order valence-corrected chi connectivity index (χ4v) is 8.31. The van der Waals surface area contributed by atoms with E-state index in [9.17, 15) is 4.79 Å². The lowest BCUT2D eigenvalue weighted by Crippen LogP contribution is -2.52. The summed E-state index contributed by atoms with van der Waals surface area (Å²) in [5.41, 5.74) is 1.14. The molecule has 2 nitrogen and oxygen atoms in total. The number of fused-ring (bicyclic) bond motifs is 5. The Morgan fingerprint density at radius 2 is 1.78 bits per heavy atom. The quantitative estimate of drug-likeness (QED) is 0.413. The second-order valence-electron chi connectivity index (χ2n) is 10.6. The van der Waals surface area contributed by atoms with Gasteiger partial charge < -0.3 is 4.74 Å². The summed E-state index contributed by atoms with van der Waals surface area (Å²) in [5.74, 6) is 4.49. The van der Waals surface area contributed by atoms with Gasteiger partial charge in [-0.25, -0.2) is 4.79 Å². The third-order valence-electron chi connectivity index (χ3n) is 9.74. The summed E-state index contributed by atoms with van der Waals surface area (Å²) >= 11 is 0. The van der Waals surface area contributed by atoms with Crippen LogP contribution in [0.1, 0.15) is 91.4 Å². The average Bonchev–Trinajstić information content (AvgIpc) is 2.98. The molecular formula is C25H40O2. The van der Waals surface area contributed by atoms with Gasteiger partial charge in [-0.05, 0) is 105 Å². The highest BCUT2D eigenvalue weighted by Gasteiger charge is 2.59. The van der Waals surface area contributed by atoms with Crippen LogP contribution in [0.5, 0.6) is 0 Å². The van der Waals surface area contributed by atoms with E-state index in [4.69, 9.17) is 4.74 Å². The molecule has 4 aliphatic rings. The van der Waals surface area contributed by atoms with E-state index in [0.29, 0.717) is 17.4 Å². The minimum atomic E-state index is -0.176. The zero-order valence-electron chi connectivity index (χ0n) is 17.8. The SMILES string of the molecule is CCOC(=O)/C=C/C[C@H]1CCC2C3CC[C@@H]4CCCCC4(C)C3CCC21C. The molecule has 5 unspecified atom stereocenters. The Balaban J connectivity index is 1.46. The number of hydrogen-bond acceptors (Lipinski definition) is 2. The Hall–Kier alpha value is -0.790. The van der Waals surface area contributed by atoms with Crippen molar-refractivity contribution in [2.75, 3.05) is 6.61 Å². The predicted molar refractivity (Wildman–Crippen MR) is 110 cm³/mol. The summed E-state index contributed by atoms with van der Waals surface area (Å²) in [6, 6.07) is 0. The summed E-state index contributed by atoms with van der Waals surface area (Å²) in [7, 11) is 0. The molecule has 4 rings (SSSR count). The number of ether oxygens (including phenoxy) is 1. The molecule has 0 heterocycles. The average molecular weight is 373 g/mol. The minimum Gasteiger partial charge on any atom is -0.463 e. The fraction of sp³-hybridized carbons (Fsp3) is 0.880. The maximum atomic E-state index is 11.6. The summed E-state index contributed by atoms with van der Waals surface area (Å²) in [4.78, 5) is 11.6. The Morgan fingerprint density at radius 3 is 2.59 bits per heavy atom. The molecule has 0 spiro atoms. The normalized spacial score (nSPS) is 46.6. The van der Waals surface area contributed by atoms with Crippen LogP contribution >= 0.6 is 0 Å². The van der Waals surface area contributed by atoms with E-state index in [1.54, 1.807) is 6.08 Å². The number of carbonyl (C=O) groups excluding carboxylic acids is 1. The molecule has 2 heteroatoms. The van der Waals surface area contributed by atoms with Gasteiger partial charge in [0.1, 0.15) is 0 Å². The van der Waals surface area contributed by atoms with Crippen molar-refractivity contribution >= 4 is 5.97 Å². The molecular weight excluding hydrogens is 332 g/mol. The first-order valence-electron chi connectivity index (χ1n) is 11.8. The van der Waals surface area contributed by atoms with E-state index in [1.807, 2.05) is 6.92 Å². The lowest BCUT2D eigenvalue weighted by molar-refractivity contribution is -0.137. The van der Waals surface area contributed by atoms with Crippen LogP contribution in [0.3, 0.4) is 0 Å². The van der Waals surface area contributed by atoms with Crippen LogP contribution in [-0.4, -0.2) is 12.6 Å². The Kier molecular flexibility index (Phi) is 5.47. The molecule has 4 saturated carbocycles. The van der Waals surface area contributed by atoms with Crippen molar-refractivity contribution in [3.05, 3.63) is 12.2 Å². The van der Waals surface area contributed by atoms with Gasteiger partial charge in [0.15, 0.2) is 0 Å². The Morgan fingerprint density at radius 1 is 0.963 bits per heavy atom. The molecule has 0 aromatic rings. The van der Waals surface area contributed by atoms with Crippen molar-refractivity contribution in [2.45, 2.75) is 91.4 Å². The first-order valence-corrected chi connectivity index (χ1v) is 11.8. The lowest BCUT2D eigenvalue weighted by Gasteiger charge is -2.60. The number of allylic oxidation sites excluding steroid dienone is 1. The van der Waals surface area contributed by atoms with Gasteiger partial charge in [0.25, 0.3) is 0 Å². The molecule has 0 amide bonds. The van der Waals surface area contributed by atoms with Crippen molar-refractivity contribution in [1.29, 1.82) is 0 Å². The van der Waals surface area contributed by atoms with E-state index in [1.165, 1.54) is 64.2 Å². The van der Waals surface area contributed by atoms with Crippen molar-refractivity contribution in [3.8, 4) is 0 Å². The number of esters is 1. The van der Waals surface area contributed by atoms with Crippen molar-refractivity contribution < 1.29 is 9.53 Å². The zero-order valence-corrected chi connectivity index (χ0v) is 17.8. The van der Waals surface area contributed by atoms with E-state index >= 15 is 0 Å². The molecule has 152 valence electrons. The third kappa shape index (κ3) is 3.29. The highest BCUT2D eigenvalue weighted by molar-refractivity contribution is 5.81. The van der Waals surface area contributed by atoms with E-state index in [-0.39, 0.29) is 5.97 Å². The molecule has 0 bridgehead atoms. The topological polar surface area (TPSA) is 26.3 Å². The second kappa shape index (κ2) is 7.56. The molecule has 0 radical (unpaired) electrons. The van der Waals surface area contributed by atoms with E-state index in [0.717, 1.165) is 36.0 Å². The first kappa shape index (κ1) is 19.5. The van der Waals surface area contributed by atoms with Crippen LogP contribution in [0.4, 0.5) is 0 Å².